The van der Waals surface area contributed by atoms with Crippen LogP contribution in [-0.2, 0) is 21.4 Å². The summed E-state index contributed by atoms with van der Waals surface area (Å²) in [4.78, 5) is 34.0. The minimum absolute atomic E-state index is 0.0427. The molecule has 2 aromatic rings. The molecule has 2 aliphatic heterocycles. The molecule has 0 saturated carbocycles. The molecular weight excluding hydrogens is 370 g/mol. The molecule has 1 fully saturated rings. The molecule has 1 spiro atoms. The van der Waals surface area contributed by atoms with Crippen LogP contribution in [0.1, 0.15) is 28.8 Å². The van der Waals surface area contributed by atoms with Gasteiger partial charge in [0.05, 0.1) is 6.42 Å². The second-order valence-corrected chi connectivity index (χ2v) is 8.91. The fraction of sp³-hybridized carbons (Fsp3) is 0.421. The Balaban J connectivity index is 1.66. The lowest BCUT2D eigenvalue weighted by Crippen LogP contribution is -2.40. The second kappa shape index (κ2) is 6.35. The van der Waals surface area contributed by atoms with Gasteiger partial charge in [0.2, 0.25) is 11.8 Å². The van der Waals surface area contributed by atoms with E-state index in [4.69, 9.17) is 11.6 Å². The third-order valence-electron chi connectivity index (χ3n) is 5.35. The van der Waals surface area contributed by atoms with E-state index in [-0.39, 0.29) is 17.2 Å². The average Bonchev–Trinajstić information content (AvgIpc) is 3.27. The largest absolute Gasteiger partial charge is 0.342 e. The van der Waals surface area contributed by atoms with Crippen LogP contribution in [0.2, 0.25) is 5.02 Å². The van der Waals surface area contributed by atoms with Crippen molar-refractivity contribution in [3.05, 3.63) is 44.9 Å². The van der Waals surface area contributed by atoms with E-state index in [9.17, 15) is 9.59 Å². The van der Waals surface area contributed by atoms with E-state index in [1.54, 1.807) is 24.5 Å². The summed E-state index contributed by atoms with van der Waals surface area (Å²) in [6, 6.07) is 5.71. The van der Waals surface area contributed by atoms with Gasteiger partial charge in [-0.15, -0.1) is 11.3 Å². The van der Waals surface area contributed by atoms with Crippen LogP contribution in [0.25, 0.3) is 0 Å². The number of anilines is 1. The number of aromatic nitrogens is 1. The lowest BCUT2D eigenvalue weighted by Gasteiger charge is -2.25. The zero-order valence-corrected chi connectivity index (χ0v) is 16.4. The van der Waals surface area contributed by atoms with Crippen LogP contribution in [0.5, 0.6) is 0 Å². The van der Waals surface area contributed by atoms with Crippen molar-refractivity contribution < 1.29 is 9.59 Å². The first kappa shape index (κ1) is 17.5. The minimum Gasteiger partial charge on any atom is -0.342 e. The molecule has 0 unspecified atom stereocenters. The van der Waals surface area contributed by atoms with E-state index < -0.39 is 0 Å². The zero-order valence-electron chi connectivity index (χ0n) is 14.8. The molecule has 7 heteroatoms. The van der Waals surface area contributed by atoms with Crippen LogP contribution in [-0.4, -0.2) is 41.3 Å². The fourth-order valence-corrected chi connectivity index (χ4v) is 5.01. The monoisotopic (exact) mass is 389 g/mol. The number of hydrogen-bond acceptors (Lipinski definition) is 4. The standard InChI is InChI=1S/C19H20ClN3O2S/c1-12-9-21-17(26-12)8-18(25)23-11-19(5-6-22(10-19)13(2)24)15-7-14(20)3-4-16(15)23/h3-4,7,9H,5-6,8,10-11H2,1-2H3/t19-/m1/s1. The smallest absolute Gasteiger partial charge is 0.233 e. The van der Waals surface area contributed by atoms with E-state index in [0.29, 0.717) is 24.5 Å². The zero-order chi connectivity index (χ0) is 18.5. The summed E-state index contributed by atoms with van der Waals surface area (Å²) in [7, 11) is 0. The highest BCUT2D eigenvalue weighted by Crippen LogP contribution is 2.47. The van der Waals surface area contributed by atoms with Crippen molar-refractivity contribution in [2.75, 3.05) is 24.5 Å². The van der Waals surface area contributed by atoms with Crippen LogP contribution < -0.4 is 4.90 Å². The molecule has 1 aromatic heterocycles. The maximum atomic E-state index is 13.0. The SMILES string of the molecule is CC(=O)N1CC[C@@]2(C1)CN(C(=O)Cc1ncc(C)s1)c1ccc(Cl)cc12. The number of hydrogen-bond donors (Lipinski definition) is 0. The van der Waals surface area contributed by atoms with Gasteiger partial charge in [-0.1, -0.05) is 11.6 Å². The van der Waals surface area contributed by atoms with E-state index in [0.717, 1.165) is 34.1 Å². The van der Waals surface area contributed by atoms with Gasteiger partial charge in [-0.2, -0.15) is 0 Å². The number of amides is 2. The van der Waals surface area contributed by atoms with Crippen LogP contribution in [0.3, 0.4) is 0 Å². The van der Waals surface area contributed by atoms with Crippen molar-refractivity contribution in [3.63, 3.8) is 0 Å². The van der Waals surface area contributed by atoms with Crippen molar-refractivity contribution >= 4 is 40.4 Å². The first-order chi connectivity index (χ1) is 12.4. The molecule has 0 radical (unpaired) electrons. The van der Waals surface area contributed by atoms with Crippen LogP contribution in [0.15, 0.2) is 24.4 Å². The third kappa shape index (κ3) is 2.91. The summed E-state index contributed by atoms with van der Waals surface area (Å²) in [5, 5.41) is 1.50. The first-order valence-corrected chi connectivity index (χ1v) is 9.85. The Hall–Kier alpha value is -1.92. The molecular formula is C19H20ClN3O2S. The maximum Gasteiger partial charge on any atom is 0.233 e. The van der Waals surface area contributed by atoms with Crippen LogP contribution >= 0.6 is 22.9 Å². The van der Waals surface area contributed by atoms with Gasteiger partial charge < -0.3 is 9.80 Å². The normalized spacial score (nSPS) is 21.5. The predicted octanol–water partition coefficient (Wildman–Crippen LogP) is 3.18. The molecule has 4 rings (SSSR count). The number of carbonyl (C=O) groups excluding carboxylic acids is 2. The maximum absolute atomic E-state index is 13.0. The fourth-order valence-electron chi connectivity index (χ4n) is 4.06. The Morgan fingerprint density at radius 3 is 2.81 bits per heavy atom. The van der Waals surface area contributed by atoms with Gasteiger partial charge in [-0.3, -0.25) is 9.59 Å². The van der Waals surface area contributed by atoms with Gasteiger partial charge in [0.25, 0.3) is 0 Å². The van der Waals surface area contributed by atoms with Gasteiger partial charge in [0.1, 0.15) is 5.01 Å². The first-order valence-electron chi connectivity index (χ1n) is 8.65. The van der Waals surface area contributed by atoms with E-state index >= 15 is 0 Å². The van der Waals surface area contributed by atoms with Crippen LogP contribution in [0.4, 0.5) is 5.69 Å². The van der Waals surface area contributed by atoms with Gasteiger partial charge >= 0.3 is 0 Å². The van der Waals surface area contributed by atoms with Crippen molar-refractivity contribution in [1.82, 2.24) is 9.88 Å². The van der Waals surface area contributed by atoms with Gasteiger partial charge in [0.15, 0.2) is 0 Å². The lowest BCUT2D eigenvalue weighted by molar-refractivity contribution is -0.127. The molecule has 2 aliphatic rings. The number of fused-ring (bicyclic) bond motifs is 2. The van der Waals surface area contributed by atoms with Crippen molar-refractivity contribution in [2.45, 2.75) is 32.1 Å². The Morgan fingerprint density at radius 1 is 1.35 bits per heavy atom. The number of likely N-dealkylation sites (tertiary alicyclic amines) is 1. The Kier molecular flexibility index (Phi) is 4.28. The number of benzene rings is 1. The molecule has 5 nitrogen and oxygen atoms in total. The molecule has 0 aliphatic carbocycles. The van der Waals surface area contributed by atoms with Gasteiger partial charge in [-0.05, 0) is 37.1 Å². The summed E-state index contributed by atoms with van der Waals surface area (Å²) >= 11 is 7.81. The Bertz CT molecular complexity index is 897. The van der Waals surface area contributed by atoms with Crippen molar-refractivity contribution in [3.8, 4) is 0 Å². The summed E-state index contributed by atoms with van der Waals surface area (Å²) < 4.78 is 0. The molecule has 3 heterocycles. The van der Waals surface area contributed by atoms with E-state index in [2.05, 4.69) is 4.98 Å². The molecule has 1 saturated heterocycles. The van der Waals surface area contributed by atoms with Gasteiger partial charge in [-0.25, -0.2) is 4.98 Å². The quantitative estimate of drug-likeness (QED) is 0.792. The Labute approximate surface area is 161 Å². The molecule has 2 amide bonds. The summed E-state index contributed by atoms with van der Waals surface area (Å²) in [6.07, 6.45) is 2.95. The second-order valence-electron chi connectivity index (χ2n) is 7.15. The summed E-state index contributed by atoms with van der Waals surface area (Å²) in [5.74, 6) is 0.120. The summed E-state index contributed by atoms with van der Waals surface area (Å²) in [6.45, 7) is 5.53. The number of rotatable bonds is 2. The van der Waals surface area contributed by atoms with Gasteiger partial charge in [0, 0.05) is 53.8 Å². The topological polar surface area (TPSA) is 53.5 Å². The highest BCUT2D eigenvalue weighted by Gasteiger charge is 2.49. The van der Waals surface area contributed by atoms with Crippen LogP contribution in [0, 0.1) is 6.92 Å². The number of thiazole rings is 1. The molecule has 136 valence electrons. The lowest BCUT2D eigenvalue weighted by atomic mass is 9.81. The third-order valence-corrected chi connectivity index (χ3v) is 6.50. The molecule has 0 bridgehead atoms. The Morgan fingerprint density at radius 2 is 2.15 bits per heavy atom. The highest BCUT2D eigenvalue weighted by atomic mass is 35.5. The molecule has 1 atom stereocenters. The highest BCUT2D eigenvalue weighted by molar-refractivity contribution is 7.11. The average molecular weight is 390 g/mol. The van der Waals surface area contributed by atoms with Crippen molar-refractivity contribution in [1.29, 1.82) is 0 Å². The number of nitrogens with zero attached hydrogens (tertiary/aromatic N) is 3. The molecule has 1 aromatic carbocycles. The number of carbonyl (C=O) groups is 2. The minimum atomic E-state index is -0.222. The number of aryl methyl sites for hydroxylation is 1. The predicted molar refractivity (Wildman–Crippen MR) is 103 cm³/mol. The molecule has 26 heavy (non-hydrogen) atoms. The molecule has 0 N–H and O–H groups in total. The van der Waals surface area contributed by atoms with E-state index in [1.807, 2.05) is 34.9 Å². The summed E-state index contributed by atoms with van der Waals surface area (Å²) in [5.41, 5.74) is 1.77. The van der Waals surface area contributed by atoms with Crippen molar-refractivity contribution in [2.24, 2.45) is 0 Å². The number of halogens is 1. The van der Waals surface area contributed by atoms with E-state index in [1.165, 1.54) is 0 Å².